The fourth-order valence-electron chi connectivity index (χ4n) is 2.98. The van der Waals surface area contributed by atoms with Gasteiger partial charge >= 0.3 is 0 Å². The van der Waals surface area contributed by atoms with Crippen LogP contribution < -0.4 is 15.5 Å². The van der Waals surface area contributed by atoms with Crippen LogP contribution >= 0.6 is 0 Å². The SMILES string of the molecule is CN(C)c1ccc(NC(=O)c2ccnc(C(=O)NCCN3CCOCC3)c2)cc1. The van der Waals surface area contributed by atoms with Crippen LogP contribution in [0.25, 0.3) is 0 Å². The number of aromatic nitrogens is 1. The first-order chi connectivity index (χ1) is 14.0. The highest BCUT2D eigenvalue weighted by Gasteiger charge is 2.14. The maximum atomic E-state index is 12.5. The third kappa shape index (κ3) is 6.00. The van der Waals surface area contributed by atoms with Crippen LogP contribution in [0.4, 0.5) is 11.4 Å². The first kappa shape index (κ1) is 20.8. The van der Waals surface area contributed by atoms with E-state index in [1.165, 1.54) is 12.3 Å². The maximum Gasteiger partial charge on any atom is 0.269 e. The summed E-state index contributed by atoms with van der Waals surface area (Å²) in [7, 11) is 3.91. The number of amides is 2. The minimum atomic E-state index is -0.289. The van der Waals surface area contributed by atoms with E-state index in [9.17, 15) is 9.59 Å². The molecule has 3 rings (SSSR count). The molecule has 2 aromatic rings. The zero-order valence-electron chi connectivity index (χ0n) is 16.9. The highest BCUT2D eigenvalue weighted by molar-refractivity contribution is 6.05. The lowest BCUT2D eigenvalue weighted by Crippen LogP contribution is -2.41. The predicted molar refractivity (Wildman–Crippen MR) is 113 cm³/mol. The summed E-state index contributed by atoms with van der Waals surface area (Å²) in [6.45, 7) is 4.49. The van der Waals surface area contributed by atoms with Crippen LogP contribution in [0.5, 0.6) is 0 Å². The van der Waals surface area contributed by atoms with Crippen molar-refractivity contribution in [2.75, 3.05) is 63.7 Å². The molecule has 2 N–H and O–H groups in total. The van der Waals surface area contributed by atoms with Crippen LogP contribution in [0.1, 0.15) is 20.8 Å². The van der Waals surface area contributed by atoms with Crippen molar-refractivity contribution in [3.05, 3.63) is 53.9 Å². The minimum absolute atomic E-state index is 0.225. The van der Waals surface area contributed by atoms with Gasteiger partial charge in [0.15, 0.2) is 0 Å². The zero-order chi connectivity index (χ0) is 20.6. The number of anilines is 2. The van der Waals surface area contributed by atoms with Gasteiger partial charge in [-0.25, -0.2) is 0 Å². The number of rotatable bonds is 7. The molecule has 0 saturated carbocycles. The van der Waals surface area contributed by atoms with Gasteiger partial charge in [0.2, 0.25) is 0 Å². The zero-order valence-corrected chi connectivity index (χ0v) is 16.9. The Kier molecular flexibility index (Phi) is 7.15. The fraction of sp³-hybridized carbons (Fsp3) is 0.381. The maximum absolute atomic E-state index is 12.5. The molecule has 29 heavy (non-hydrogen) atoms. The van der Waals surface area contributed by atoms with Crippen molar-refractivity contribution >= 4 is 23.2 Å². The second-order valence-electron chi connectivity index (χ2n) is 7.04. The van der Waals surface area contributed by atoms with E-state index in [4.69, 9.17) is 4.74 Å². The number of nitrogens with zero attached hydrogens (tertiary/aromatic N) is 3. The Labute approximate surface area is 170 Å². The topological polar surface area (TPSA) is 86.8 Å². The largest absolute Gasteiger partial charge is 0.379 e. The van der Waals surface area contributed by atoms with E-state index in [2.05, 4.69) is 20.5 Å². The summed E-state index contributed by atoms with van der Waals surface area (Å²) >= 11 is 0. The molecule has 8 nitrogen and oxygen atoms in total. The van der Waals surface area contributed by atoms with Gasteiger partial charge in [0.25, 0.3) is 11.8 Å². The van der Waals surface area contributed by atoms with E-state index in [1.807, 2.05) is 43.3 Å². The molecule has 2 heterocycles. The number of carbonyl (C=O) groups excluding carboxylic acids is 2. The number of nitrogens with one attached hydrogen (secondary N) is 2. The standard InChI is InChI=1S/C21H27N5O3/c1-25(2)18-5-3-17(4-6-18)24-20(27)16-7-8-22-19(15-16)21(28)23-9-10-26-11-13-29-14-12-26/h3-8,15H,9-14H2,1-2H3,(H,23,28)(H,24,27). The molecule has 0 radical (unpaired) electrons. The third-order valence-electron chi connectivity index (χ3n) is 4.71. The molecule has 1 aliphatic heterocycles. The highest BCUT2D eigenvalue weighted by atomic mass is 16.5. The Morgan fingerprint density at radius 3 is 2.52 bits per heavy atom. The molecule has 1 aromatic carbocycles. The van der Waals surface area contributed by atoms with Crippen LogP contribution in [0.2, 0.25) is 0 Å². The van der Waals surface area contributed by atoms with Gasteiger partial charge in [-0.2, -0.15) is 0 Å². The van der Waals surface area contributed by atoms with Crippen molar-refractivity contribution in [1.82, 2.24) is 15.2 Å². The molecule has 0 spiro atoms. The van der Waals surface area contributed by atoms with Gasteiger partial charge in [-0.3, -0.25) is 19.5 Å². The molecule has 1 aliphatic rings. The number of pyridine rings is 1. The van der Waals surface area contributed by atoms with Gasteiger partial charge < -0.3 is 20.3 Å². The normalized spacial score (nSPS) is 14.3. The van der Waals surface area contributed by atoms with Crippen LogP contribution in [-0.2, 0) is 4.74 Å². The Morgan fingerprint density at radius 2 is 1.83 bits per heavy atom. The smallest absolute Gasteiger partial charge is 0.269 e. The van der Waals surface area contributed by atoms with E-state index in [-0.39, 0.29) is 17.5 Å². The lowest BCUT2D eigenvalue weighted by molar-refractivity contribution is 0.0383. The van der Waals surface area contributed by atoms with Crippen LogP contribution in [0.3, 0.4) is 0 Å². The lowest BCUT2D eigenvalue weighted by Gasteiger charge is -2.26. The van der Waals surface area contributed by atoms with Gasteiger partial charge in [-0.15, -0.1) is 0 Å². The van der Waals surface area contributed by atoms with Crippen LogP contribution in [0.15, 0.2) is 42.6 Å². The summed E-state index contributed by atoms with van der Waals surface area (Å²) < 4.78 is 5.31. The number of hydrogen-bond donors (Lipinski definition) is 2. The minimum Gasteiger partial charge on any atom is -0.379 e. The van der Waals surface area contributed by atoms with E-state index in [1.54, 1.807) is 6.07 Å². The average Bonchev–Trinajstić information content (AvgIpc) is 2.75. The number of benzene rings is 1. The van der Waals surface area contributed by atoms with Crippen molar-refractivity contribution < 1.29 is 14.3 Å². The number of morpholine rings is 1. The van der Waals surface area contributed by atoms with Crippen molar-refractivity contribution in [2.45, 2.75) is 0 Å². The number of hydrogen-bond acceptors (Lipinski definition) is 6. The molecular formula is C21H27N5O3. The van der Waals surface area contributed by atoms with Crippen molar-refractivity contribution in [3.8, 4) is 0 Å². The van der Waals surface area contributed by atoms with Crippen molar-refractivity contribution in [2.24, 2.45) is 0 Å². The summed E-state index contributed by atoms with van der Waals surface area (Å²) in [4.78, 5) is 33.2. The second kappa shape index (κ2) is 9.99. The molecular weight excluding hydrogens is 370 g/mol. The third-order valence-corrected chi connectivity index (χ3v) is 4.71. The highest BCUT2D eigenvalue weighted by Crippen LogP contribution is 2.16. The van der Waals surface area contributed by atoms with Gasteiger partial charge in [0.05, 0.1) is 13.2 Å². The van der Waals surface area contributed by atoms with Crippen molar-refractivity contribution in [1.29, 1.82) is 0 Å². The molecule has 0 aliphatic carbocycles. The Balaban J connectivity index is 1.54. The van der Waals surface area contributed by atoms with E-state index in [0.29, 0.717) is 17.8 Å². The summed E-state index contributed by atoms with van der Waals surface area (Å²) in [6, 6.07) is 10.6. The Morgan fingerprint density at radius 1 is 1.10 bits per heavy atom. The van der Waals surface area contributed by atoms with Crippen LogP contribution in [-0.4, -0.2) is 75.2 Å². The number of carbonyl (C=O) groups is 2. The molecule has 154 valence electrons. The molecule has 1 aromatic heterocycles. The molecule has 0 atom stereocenters. The summed E-state index contributed by atoms with van der Waals surface area (Å²) in [5.74, 6) is -0.574. The lowest BCUT2D eigenvalue weighted by atomic mass is 10.2. The van der Waals surface area contributed by atoms with E-state index < -0.39 is 0 Å². The first-order valence-electron chi connectivity index (χ1n) is 9.66. The van der Waals surface area contributed by atoms with Crippen molar-refractivity contribution in [3.63, 3.8) is 0 Å². The average molecular weight is 397 g/mol. The molecule has 0 bridgehead atoms. The molecule has 2 amide bonds. The number of ether oxygens (including phenoxy) is 1. The summed E-state index contributed by atoms with van der Waals surface area (Å²) in [5, 5.41) is 5.70. The first-order valence-corrected chi connectivity index (χ1v) is 9.66. The second-order valence-corrected chi connectivity index (χ2v) is 7.04. The molecule has 1 fully saturated rings. The van der Waals surface area contributed by atoms with Gasteiger partial charge in [-0.05, 0) is 36.4 Å². The summed E-state index contributed by atoms with van der Waals surface area (Å²) in [6.07, 6.45) is 1.47. The van der Waals surface area contributed by atoms with Crippen LogP contribution in [0, 0.1) is 0 Å². The quantitative estimate of drug-likeness (QED) is 0.736. The predicted octanol–water partition coefficient (Wildman–Crippen LogP) is 1.46. The van der Waals surface area contributed by atoms with E-state index >= 15 is 0 Å². The Hall–Kier alpha value is -2.97. The monoisotopic (exact) mass is 397 g/mol. The molecule has 1 saturated heterocycles. The van der Waals surface area contributed by atoms with Gasteiger partial charge in [0.1, 0.15) is 5.69 Å². The molecule has 0 unspecified atom stereocenters. The molecule has 8 heteroatoms. The summed E-state index contributed by atoms with van der Waals surface area (Å²) in [5.41, 5.74) is 2.34. The van der Waals surface area contributed by atoms with Gasteiger partial charge in [0, 0.05) is 63.4 Å². The van der Waals surface area contributed by atoms with E-state index in [0.717, 1.165) is 38.5 Å². The fourth-order valence-corrected chi connectivity index (χ4v) is 2.98. The van der Waals surface area contributed by atoms with Gasteiger partial charge in [-0.1, -0.05) is 0 Å². The Bertz CT molecular complexity index is 832.